The topological polar surface area (TPSA) is 105 Å². The maximum absolute atomic E-state index is 12.3. The lowest BCUT2D eigenvalue weighted by atomic mass is 10.1. The van der Waals surface area contributed by atoms with Crippen LogP contribution in [0.5, 0.6) is 5.75 Å². The van der Waals surface area contributed by atoms with Gasteiger partial charge in [-0.2, -0.15) is 0 Å². The van der Waals surface area contributed by atoms with E-state index >= 15 is 0 Å². The van der Waals surface area contributed by atoms with E-state index in [-0.39, 0.29) is 24.5 Å². The fourth-order valence-electron chi connectivity index (χ4n) is 2.65. The van der Waals surface area contributed by atoms with Gasteiger partial charge < -0.3 is 19.5 Å². The van der Waals surface area contributed by atoms with Gasteiger partial charge in [0.25, 0.3) is 0 Å². The van der Waals surface area contributed by atoms with E-state index in [1.165, 1.54) is 0 Å². The van der Waals surface area contributed by atoms with E-state index in [9.17, 15) is 26.4 Å². The summed E-state index contributed by atoms with van der Waals surface area (Å²) >= 11 is 0. The molecule has 1 amide bonds. The molecule has 1 atom stereocenters. The summed E-state index contributed by atoms with van der Waals surface area (Å²) in [5.74, 6) is -0.545. The van der Waals surface area contributed by atoms with Crippen molar-refractivity contribution in [3.8, 4) is 5.75 Å². The standard InChI is InChI=1S/C15H19F3N2O6S/c1-14(2)9-20(13(21)22)8-11(25-14)7-19-27(23,24)12-5-3-10(4-6-12)26-15(16,17)18/h3-6,11,19H,7-9H2,1-2H3,(H,21,22). The molecule has 2 N–H and O–H groups in total. The van der Waals surface area contributed by atoms with Crippen molar-refractivity contribution >= 4 is 16.1 Å². The number of hydrogen-bond donors (Lipinski definition) is 2. The summed E-state index contributed by atoms with van der Waals surface area (Å²) in [5.41, 5.74) is -0.788. The summed E-state index contributed by atoms with van der Waals surface area (Å²) in [6.07, 6.45) is -6.73. The lowest BCUT2D eigenvalue weighted by Crippen LogP contribution is -2.56. The molecule has 0 radical (unpaired) electrons. The first kappa shape index (κ1) is 21.3. The quantitative estimate of drug-likeness (QED) is 0.767. The molecular formula is C15H19F3N2O6S. The predicted molar refractivity (Wildman–Crippen MR) is 86.9 cm³/mol. The lowest BCUT2D eigenvalue weighted by Gasteiger charge is -2.41. The Balaban J connectivity index is 2.02. The van der Waals surface area contributed by atoms with Crippen LogP contribution in [0.25, 0.3) is 0 Å². The monoisotopic (exact) mass is 412 g/mol. The van der Waals surface area contributed by atoms with Crippen molar-refractivity contribution in [1.82, 2.24) is 9.62 Å². The Kier molecular flexibility index (Phi) is 5.92. The molecular weight excluding hydrogens is 393 g/mol. The van der Waals surface area contributed by atoms with Gasteiger partial charge in [0.05, 0.1) is 29.7 Å². The molecule has 12 heteroatoms. The molecule has 1 unspecified atom stereocenters. The summed E-state index contributed by atoms with van der Waals surface area (Å²) in [7, 11) is -4.03. The minimum absolute atomic E-state index is 0.0142. The molecule has 0 aliphatic carbocycles. The summed E-state index contributed by atoms with van der Waals surface area (Å²) in [6, 6.07) is 3.71. The first-order chi connectivity index (χ1) is 12.3. The zero-order valence-corrected chi connectivity index (χ0v) is 15.3. The third-order valence-electron chi connectivity index (χ3n) is 3.62. The average molecular weight is 412 g/mol. The number of carboxylic acid groups (broad SMARTS) is 1. The van der Waals surface area contributed by atoms with Crippen molar-refractivity contribution in [2.24, 2.45) is 0 Å². The van der Waals surface area contributed by atoms with Gasteiger partial charge in [0.1, 0.15) is 5.75 Å². The van der Waals surface area contributed by atoms with Crippen LogP contribution in [0.2, 0.25) is 0 Å². The van der Waals surface area contributed by atoms with E-state index in [2.05, 4.69) is 9.46 Å². The number of carbonyl (C=O) groups is 1. The third kappa shape index (κ3) is 6.26. The van der Waals surface area contributed by atoms with Crippen LogP contribution in [0.15, 0.2) is 29.2 Å². The molecule has 0 saturated carbocycles. The Morgan fingerprint density at radius 3 is 2.48 bits per heavy atom. The minimum atomic E-state index is -4.88. The van der Waals surface area contributed by atoms with Crippen LogP contribution in [0.4, 0.5) is 18.0 Å². The van der Waals surface area contributed by atoms with Crippen LogP contribution in [0.1, 0.15) is 13.8 Å². The molecule has 152 valence electrons. The Morgan fingerprint density at radius 2 is 1.96 bits per heavy atom. The van der Waals surface area contributed by atoms with Crippen LogP contribution in [-0.4, -0.2) is 62.2 Å². The van der Waals surface area contributed by atoms with Gasteiger partial charge in [-0.15, -0.1) is 13.2 Å². The highest BCUT2D eigenvalue weighted by molar-refractivity contribution is 7.89. The highest BCUT2D eigenvalue weighted by Crippen LogP contribution is 2.24. The van der Waals surface area contributed by atoms with Gasteiger partial charge in [-0.05, 0) is 38.1 Å². The van der Waals surface area contributed by atoms with Crippen molar-refractivity contribution in [1.29, 1.82) is 0 Å². The maximum atomic E-state index is 12.3. The Bertz CT molecular complexity index is 780. The largest absolute Gasteiger partial charge is 0.573 e. The van der Waals surface area contributed by atoms with Gasteiger partial charge in [-0.1, -0.05) is 0 Å². The van der Waals surface area contributed by atoms with Crippen LogP contribution in [0.3, 0.4) is 0 Å². The molecule has 1 saturated heterocycles. The zero-order chi connectivity index (χ0) is 20.5. The molecule has 1 aromatic rings. The second-order valence-electron chi connectivity index (χ2n) is 6.53. The van der Waals surface area contributed by atoms with Crippen LogP contribution < -0.4 is 9.46 Å². The van der Waals surface area contributed by atoms with E-state index < -0.39 is 39.9 Å². The Labute approximate surface area is 153 Å². The number of halogens is 3. The summed E-state index contributed by atoms with van der Waals surface area (Å²) < 4.78 is 72.6. The number of benzene rings is 1. The highest BCUT2D eigenvalue weighted by atomic mass is 32.2. The number of hydrogen-bond acceptors (Lipinski definition) is 5. The number of morpholine rings is 1. The van der Waals surface area contributed by atoms with Crippen LogP contribution in [-0.2, 0) is 14.8 Å². The molecule has 1 aliphatic heterocycles. The fraction of sp³-hybridized carbons (Fsp3) is 0.533. The fourth-order valence-corrected chi connectivity index (χ4v) is 3.72. The van der Waals surface area contributed by atoms with Crippen molar-refractivity contribution in [3.05, 3.63) is 24.3 Å². The van der Waals surface area contributed by atoms with E-state index in [1.54, 1.807) is 13.8 Å². The van der Waals surface area contributed by atoms with E-state index in [0.717, 1.165) is 29.2 Å². The molecule has 1 heterocycles. The van der Waals surface area contributed by atoms with E-state index in [1.807, 2.05) is 0 Å². The molecule has 0 spiro atoms. The lowest BCUT2D eigenvalue weighted by molar-refractivity contribution is -0.274. The number of amides is 1. The predicted octanol–water partition coefficient (Wildman–Crippen LogP) is 2.02. The Morgan fingerprint density at radius 1 is 1.37 bits per heavy atom. The third-order valence-corrected chi connectivity index (χ3v) is 5.06. The molecule has 1 aliphatic rings. The number of rotatable bonds is 5. The maximum Gasteiger partial charge on any atom is 0.573 e. The average Bonchev–Trinajstić information content (AvgIpc) is 2.50. The second kappa shape index (κ2) is 7.52. The van der Waals surface area contributed by atoms with Crippen molar-refractivity contribution < 1.29 is 41.0 Å². The smallest absolute Gasteiger partial charge is 0.465 e. The summed E-state index contributed by atoms with van der Waals surface area (Å²) in [4.78, 5) is 12.0. The zero-order valence-electron chi connectivity index (χ0n) is 14.5. The molecule has 1 aromatic carbocycles. The van der Waals surface area contributed by atoms with Gasteiger partial charge in [0.2, 0.25) is 10.0 Å². The van der Waals surface area contributed by atoms with E-state index in [0.29, 0.717) is 0 Å². The summed E-state index contributed by atoms with van der Waals surface area (Å²) in [5, 5.41) is 9.14. The van der Waals surface area contributed by atoms with Gasteiger partial charge in [-0.25, -0.2) is 17.9 Å². The number of nitrogens with zero attached hydrogens (tertiary/aromatic N) is 1. The number of ether oxygens (including phenoxy) is 2. The molecule has 0 aromatic heterocycles. The number of alkyl halides is 3. The molecule has 2 rings (SSSR count). The molecule has 1 fully saturated rings. The highest BCUT2D eigenvalue weighted by Gasteiger charge is 2.36. The summed E-state index contributed by atoms with van der Waals surface area (Å²) in [6.45, 7) is 3.30. The van der Waals surface area contributed by atoms with Crippen LogP contribution >= 0.6 is 0 Å². The Hall–Kier alpha value is -2.05. The van der Waals surface area contributed by atoms with E-state index in [4.69, 9.17) is 9.84 Å². The van der Waals surface area contributed by atoms with Gasteiger partial charge in [0, 0.05) is 6.54 Å². The van der Waals surface area contributed by atoms with Gasteiger partial charge in [0.15, 0.2) is 0 Å². The van der Waals surface area contributed by atoms with Crippen LogP contribution in [0, 0.1) is 0 Å². The SMILES string of the molecule is CC1(C)CN(C(=O)O)CC(CNS(=O)(=O)c2ccc(OC(F)(F)F)cc2)O1. The first-order valence-corrected chi connectivity index (χ1v) is 9.27. The number of sulfonamides is 1. The van der Waals surface area contributed by atoms with Crippen molar-refractivity contribution in [3.63, 3.8) is 0 Å². The van der Waals surface area contributed by atoms with Crippen molar-refractivity contribution in [2.75, 3.05) is 19.6 Å². The van der Waals surface area contributed by atoms with Gasteiger partial charge in [-0.3, -0.25) is 0 Å². The molecule has 27 heavy (non-hydrogen) atoms. The first-order valence-electron chi connectivity index (χ1n) is 7.79. The number of nitrogens with one attached hydrogen (secondary N) is 1. The van der Waals surface area contributed by atoms with Crippen molar-refractivity contribution in [2.45, 2.75) is 36.8 Å². The molecule has 8 nitrogen and oxygen atoms in total. The molecule has 0 bridgehead atoms. The minimum Gasteiger partial charge on any atom is -0.465 e. The van der Waals surface area contributed by atoms with Gasteiger partial charge >= 0.3 is 12.5 Å². The second-order valence-corrected chi connectivity index (χ2v) is 8.30. The normalized spacial score (nSPS) is 20.3.